The molecule has 6 heteroatoms. The molecule has 1 heterocycles. The van der Waals surface area contributed by atoms with Gasteiger partial charge in [-0.2, -0.15) is 0 Å². The molecule has 1 unspecified atom stereocenters. The molecule has 34 heavy (non-hydrogen) atoms. The molecule has 1 fully saturated rings. The Kier molecular flexibility index (Phi) is 8.51. The molecular formula is C28H36N2O4. The number of aliphatic hydroxyl groups excluding tert-OH is 1. The predicted molar refractivity (Wildman–Crippen MR) is 135 cm³/mol. The number of hydrogen-bond acceptors (Lipinski definition) is 5. The van der Waals surface area contributed by atoms with Crippen LogP contribution in [0.25, 0.3) is 5.76 Å². The number of benzene rings is 2. The van der Waals surface area contributed by atoms with Gasteiger partial charge in [0, 0.05) is 18.7 Å². The van der Waals surface area contributed by atoms with E-state index in [-0.39, 0.29) is 17.4 Å². The van der Waals surface area contributed by atoms with Crippen LogP contribution in [0.2, 0.25) is 0 Å². The maximum absolute atomic E-state index is 13.2. The molecule has 0 radical (unpaired) electrons. The topological polar surface area (TPSA) is 70.1 Å². The molecule has 0 saturated carbocycles. The van der Waals surface area contributed by atoms with Crippen LogP contribution >= 0.6 is 0 Å². The molecule has 1 aliphatic heterocycles. The Morgan fingerprint density at radius 1 is 1.06 bits per heavy atom. The van der Waals surface area contributed by atoms with Gasteiger partial charge in [0.15, 0.2) is 0 Å². The number of rotatable bonds is 10. The first kappa shape index (κ1) is 25.5. The first-order chi connectivity index (χ1) is 16.3. The number of amides is 1. The van der Waals surface area contributed by atoms with Crippen molar-refractivity contribution in [3.8, 4) is 5.75 Å². The van der Waals surface area contributed by atoms with E-state index >= 15 is 0 Å². The van der Waals surface area contributed by atoms with Gasteiger partial charge in [0.1, 0.15) is 11.5 Å². The van der Waals surface area contributed by atoms with Gasteiger partial charge >= 0.3 is 0 Å². The van der Waals surface area contributed by atoms with Crippen LogP contribution < -0.4 is 4.74 Å². The van der Waals surface area contributed by atoms with Gasteiger partial charge in [-0.1, -0.05) is 57.2 Å². The van der Waals surface area contributed by atoms with Gasteiger partial charge in [-0.3, -0.25) is 9.59 Å². The van der Waals surface area contributed by atoms with E-state index in [1.54, 1.807) is 17.0 Å². The van der Waals surface area contributed by atoms with Crippen LogP contribution in [0.4, 0.5) is 0 Å². The van der Waals surface area contributed by atoms with Gasteiger partial charge in [-0.05, 0) is 56.6 Å². The molecule has 3 rings (SSSR count). The van der Waals surface area contributed by atoms with E-state index < -0.39 is 17.7 Å². The summed E-state index contributed by atoms with van der Waals surface area (Å²) in [4.78, 5) is 30.2. The summed E-state index contributed by atoms with van der Waals surface area (Å²) in [6, 6.07) is 14.2. The van der Waals surface area contributed by atoms with Gasteiger partial charge in [0.25, 0.3) is 11.7 Å². The van der Waals surface area contributed by atoms with E-state index in [0.29, 0.717) is 24.4 Å². The number of likely N-dealkylation sites (N-methyl/N-ethyl adjacent to an activating group) is 1. The number of likely N-dealkylation sites (tertiary alicyclic amines) is 1. The number of ketones is 1. The number of hydrogen-bond donors (Lipinski definition) is 1. The van der Waals surface area contributed by atoms with Crippen LogP contribution in [0, 0.1) is 0 Å². The average molecular weight is 465 g/mol. The number of nitrogens with zero attached hydrogens (tertiary/aromatic N) is 2. The molecule has 1 aliphatic rings. The largest absolute Gasteiger partial charge is 0.507 e. The summed E-state index contributed by atoms with van der Waals surface area (Å²) in [5.41, 5.74) is 2.52. The van der Waals surface area contributed by atoms with Gasteiger partial charge < -0.3 is 19.6 Å². The third-order valence-electron chi connectivity index (χ3n) is 6.27. The zero-order valence-electron chi connectivity index (χ0n) is 20.9. The molecule has 6 nitrogen and oxygen atoms in total. The first-order valence-electron chi connectivity index (χ1n) is 12.2. The third kappa shape index (κ3) is 5.50. The molecule has 2 aromatic rings. The van der Waals surface area contributed by atoms with Crippen molar-refractivity contribution in [2.24, 2.45) is 0 Å². The van der Waals surface area contributed by atoms with Crippen molar-refractivity contribution in [3.63, 3.8) is 0 Å². The van der Waals surface area contributed by atoms with E-state index in [1.165, 1.54) is 0 Å². The van der Waals surface area contributed by atoms with Crippen molar-refractivity contribution in [1.82, 2.24) is 9.80 Å². The van der Waals surface area contributed by atoms with Crippen LogP contribution in [0.5, 0.6) is 5.75 Å². The Morgan fingerprint density at radius 2 is 1.74 bits per heavy atom. The van der Waals surface area contributed by atoms with Gasteiger partial charge in [-0.15, -0.1) is 0 Å². The average Bonchev–Trinajstić information content (AvgIpc) is 3.09. The number of aryl methyl sites for hydroxylation is 1. The summed E-state index contributed by atoms with van der Waals surface area (Å²) < 4.78 is 5.87. The molecule has 1 saturated heterocycles. The molecule has 1 amide bonds. The number of ether oxygens (including phenoxy) is 1. The van der Waals surface area contributed by atoms with E-state index in [2.05, 4.69) is 25.7 Å². The molecule has 0 spiro atoms. The fraction of sp³-hybridized carbons (Fsp3) is 0.429. The minimum absolute atomic E-state index is 0.0126. The summed E-state index contributed by atoms with van der Waals surface area (Å²) in [6.07, 6.45) is 0.862. The molecule has 0 aliphatic carbocycles. The minimum atomic E-state index is -0.683. The summed E-state index contributed by atoms with van der Waals surface area (Å²) in [5.74, 6) is -0.725. The second kappa shape index (κ2) is 11.3. The smallest absolute Gasteiger partial charge is 0.295 e. The SMILES string of the molecule is CCc1ccc(/C(O)=C2/C(=O)C(=O)N(CCN(CC)CC)C2c2cccc(OC(C)C)c2)cc1. The van der Waals surface area contributed by atoms with Crippen molar-refractivity contribution in [2.75, 3.05) is 26.2 Å². The number of carbonyl (C=O) groups is 2. The maximum atomic E-state index is 13.2. The highest BCUT2D eigenvalue weighted by molar-refractivity contribution is 6.46. The molecule has 2 aromatic carbocycles. The Balaban J connectivity index is 2.10. The fourth-order valence-corrected chi connectivity index (χ4v) is 4.33. The number of carbonyl (C=O) groups excluding carboxylic acids is 2. The molecule has 1 N–H and O–H groups in total. The van der Waals surface area contributed by atoms with Gasteiger partial charge in [0.2, 0.25) is 0 Å². The van der Waals surface area contributed by atoms with E-state index in [4.69, 9.17) is 4.74 Å². The second-order valence-electron chi connectivity index (χ2n) is 8.81. The van der Waals surface area contributed by atoms with Crippen LogP contribution in [-0.2, 0) is 16.0 Å². The zero-order valence-corrected chi connectivity index (χ0v) is 20.9. The highest BCUT2D eigenvalue weighted by Gasteiger charge is 2.46. The Morgan fingerprint density at radius 3 is 2.32 bits per heavy atom. The third-order valence-corrected chi connectivity index (χ3v) is 6.27. The van der Waals surface area contributed by atoms with E-state index in [0.717, 1.165) is 30.6 Å². The van der Waals surface area contributed by atoms with E-state index in [1.807, 2.05) is 50.2 Å². The van der Waals surface area contributed by atoms with E-state index in [9.17, 15) is 14.7 Å². The Hall–Kier alpha value is -3.12. The standard InChI is InChI=1S/C28H36N2O4/c1-6-20-12-14-21(15-13-20)26(31)24-25(22-10-9-11-23(18-22)34-19(4)5)30(28(33)27(24)32)17-16-29(7-2)8-3/h9-15,18-19,25,31H,6-8,16-17H2,1-5H3/b26-24-. The summed E-state index contributed by atoms with van der Waals surface area (Å²) in [5, 5.41) is 11.2. The van der Waals surface area contributed by atoms with Crippen molar-refractivity contribution in [2.45, 2.75) is 53.2 Å². The maximum Gasteiger partial charge on any atom is 0.295 e. The normalized spacial score (nSPS) is 17.7. The molecule has 0 aromatic heterocycles. The fourth-order valence-electron chi connectivity index (χ4n) is 4.33. The van der Waals surface area contributed by atoms with Crippen molar-refractivity contribution in [1.29, 1.82) is 0 Å². The monoisotopic (exact) mass is 464 g/mol. The van der Waals surface area contributed by atoms with Crippen LogP contribution in [0.1, 0.15) is 57.4 Å². The lowest BCUT2D eigenvalue weighted by Crippen LogP contribution is -2.38. The molecule has 182 valence electrons. The lowest BCUT2D eigenvalue weighted by Gasteiger charge is -2.28. The lowest BCUT2D eigenvalue weighted by molar-refractivity contribution is -0.140. The van der Waals surface area contributed by atoms with Crippen LogP contribution in [0.15, 0.2) is 54.1 Å². The van der Waals surface area contributed by atoms with Crippen molar-refractivity contribution >= 4 is 17.4 Å². The number of Topliss-reactive ketones (excluding diaryl/α,β-unsaturated/α-hetero) is 1. The quantitative estimate of drug-likeness (QED) is 0.311. The van der Waals surface area contributed by atoms with Gasteiger partial charge in [0.05, 0.1) is 17.7 Å². The highest BCUT2D eigenvalue weighted by atomic mass is 16.5. The lowest BCUT2D eigenvalue weighted by atomic mass is 9.94. The molecule has 1 atom stereocenters. The summed E-state index contributed by atoms with van der Waals surface area (Å²) in [7, 11) is 0. The predicted octanol–water partition coefficient (Wildman–Crippen LogP) is 4.80. The number of aliphatic hydroxyl groups is 1. The zero-order chi connectivity index (χ0) is 24.8. The van der Waals surface area contributed by atoms with Crippen molar-refractivity contribution in [3.05, 3.63) is 70.8 Å². The van der Waals surface area contributed by atoms with Crippen LogP contribution in [0.3, 0.4) is 0 Å². The van der Waals surface area contributed by atoms with Gasteiger partial charge in [-0.25, -0.2) is 0 Å². The second-order valence-corrected chi connectivity index (χ2v) is 8.81. The Bertz CT molecular complexity index is 1040. The Labute approximate surface area is 202 Å². The summed E-state index contributed by atoms with van der Waals surface area (Å²) >= 11 is 0. The first-order valence-corrected chi connectivity index (χ1v) is 12.2. The van der Waals surface area contributed by atoms with Crippen LogP contribution in [-0.4, -0.2) is 58.9 Å². The molecular weight excluding hydrogens is 428 g/mol. The van der Waals surface area contributed by atoms with Crippen molar-refractivity contribution < 1.29 is 19.4 Å². The highest BCUT2D eigenvalue weighted by Crippen LogP contribution is 2.40. The minimum Gasteiger partial charge on any atom is -0.507 e. The summed E-state index contributed by atoms with van der Waals surface area (Å²) in [6.45, 7) is 12.8. The molecule has 0 bridgehead atoms.